The molecule has 1 aromatic carbocycles. The van der Waals surface area contributed by atoms with Crippen molar-refractivity contribution in [3.8, 4) is 0 Å². The molecule has 112 valence electrons. The summed E-state index contributed by atoms with van der Waals surface area (Å²) in [5.74, 6) is -0.580. The molecule has 0 saturated heterocycles. The highest BCUT2D eigenvalue weighted by Crippen LogP contribution is 2.29. The number of hydrogen-bond acceptors (Lipinski definition) is 3. The first kappa shape index (κ1) is 16.5. The van der Waals surface area contributed by atoms with Gasteiger partial charge < -0.3 is 9.64 Å². The summed E-state index contributed by atoms with van der Waals surface area (Å²) >= 11 is 0. The summed E-state index contributed by atoms with van der Waals surface area (Å²) in [6, 6.07) is 5.02. The lowest BCUT2D eigenvalue weighted by Gasteiger charge is -2.20. The van der Waals surface area contributed by atoms with Gasteiger partial charge in [-0.1, -0.05) is 19.1 Å². The van der Waals surface area contributed by atoms with E-state index < -0.39 is 11.7 Å². The van der Waals surface area contributed by atoms with Gasteiger partial charge in [0.25, 0.3) is 0 Å². The molecule has 3 nitrogen and oxygen atoms in total. The lowest BCUT2D eigenvalue weighted by Crippen LogP contribution is -2.29. The van der Waals surface area contributed by atoms with E-state index in [1.54, 1.807) is 14.0 Å². The highest BCUT2D eigenvalue weighted by atomic mass is 19.4. The Kier molecular flexibility index (Phi) is 5.56. The molecule has 0 N–H and O–H groups in total. The summed E-state index contributed by atoms with van der Waals surface area (Å²) in [6.45, 7) is 2.70. The molecule has 0 heterocycles. The Morgan fingerprint density at radius 1 is 1.30 bits per heavy atom. The van der Waals surface area contributed by atoms with Crippen LogP contribution in [0, 0.1) is 5.92 Å². The quantitative estimate of drug-likeness (QED) is 0.781. The van der Waals surface area contributed by atoms with Crippen molar-refractivity contribution < 1.29 is 22.7 Å². The van der Waals surface area contributed by atoms with Crippen molar-refractivity contribution in [2.75, 3.05) is 20.7 Å². The van der Waals surface area contributed by atoms with Gasteiger partial charge in [-0.3, -0.25) is 4.79 Å². The van der Waals surface area contributed by atoms with E-state index in [9.17, 15) is 18.0 Å². The molecule has 0 aliphatic heterocycles. The third-order valence-corrected chi connectivity index (χ3v) is 2.92. The second-order valence-electron chi connectivity index (χ2n) is 4.82. The van der Waals surface area contributed by atoms with Gasteiger partial charge in [-0.05, 0) is 24.7 Å². The normalized spacial score (nSPS) is 13.3. The maximum absolute atomic E-state index is 12.4. The summed E-state index contributed by atoms with van der Waals surface area (Å²) in [6.07, 6.45) is -4.32. The van der Waals surface area contributed by atoms with E-state index >= 15 is 0 Å². The summed E-state index contributed by atoms with van der Waals surface area (Å²) in [7, 11) is 3.13. The molecular formula is C14H18F3NO2. The standard InChI is InChI=1S/C14H18F3NO2/c1-10(13(19)20-3)8-18(2)9-11-4-6-12(7-5-11)14(15,16)17/h4-7,10H,8-9H2,1-3H3. The average molecular weight is 289 g/mol. The summed E-state index contributed by atoms with van der Waals surface area (Å²) < 4.78 is 41.9. The number of esters is 1. The predicted octanol–water partition coefficient (Wildman–Crippen LogP) is 2.95. The molecule has 1 unspecified atom stereocenters. The molecule has 0 aliphatic rings. The van der Waals surface area contributed by atoms with Crippen molar-refractivity contribution in [2.45, 2.75) is 19.6 Å². The second kappa shape index (κ2) is 6.74. The van der Waals surface area contributed by atoms with E-state index in [1.807, 2.05) is 4.90 Å². The Labute approximate surface area is 116 Å². The van der Waals surface area contributed by atoms with Crippen molar-refractivity contribution in [3.63, 3.8) is 0 Å². The monoisotopic (exact) mass is 289 g/mol. The minimum atomic E-state index is -4.32. The van der Waals surface area contributed by atoms with Crippen LogP contribution in [0.4, 0.5) is 13.2 Å². The van der Waals surface area contributed by atoms with E-state index in [0.29, 0.717) is 13.1 Å². The number of ether oxygens (including phenoxy) is 1. The third kappa shape index (κ3) is 4.85. The average Bonchev–Trinajstić information content (AvgIpc) is 2.37. The Morgan fingerprint density at radius 3 is 2.30 bits per heavy atom. The maximum Gasteiger partial charge on any atom is 0.416 e. The zero-order valence-electron chi connectivity index (χ0n) is 11.7. The number of rotatable bonds is 5. The lowest BCUT2D eigenvalue weighted by molar-refractivity contribution is -0.145. The number of alkyl halides is 3. The second-order valence-corrected chi connectivity index (χ2v) is 4.82. The fourth-order valence-corrected chi connectivity index (χ4v) is 1.92. The van der Waals surface area contributed by atoms with Crippen LogP contribution < -0.4 is 0 Å². The fraction of sp³-hybridized carbons (Fsp3) is 0.500. The van der Waals surface area contributed by atoms with Crippen molar-refractivity contribution >= 4 is 5.97 Å². The molecule has 20 heavy (non-hydrogen) atoms. The lowest BCUT2D eigenvalue weighted by atomic mass is 10.1. The number of hydrogen-bond donors (Lipinski definition) is 0. The number of halogens is 3. The fourth-order valence-electron chi connectivity index (χ4n) is 1.92. The highest BCUT2D eigenvalue weighted by Gasteiger charge is 2.29. The van der Waals surface area contributed by atoms with Crippen molar-refractivity contribution in [1.82, 2.24) is 4.90 Å². The van der Waals surface area contributed by atoms with E-state index in [2.05, 4.69) is 4.74 Å². The number of methoxy groups -OCH3 is 1. The molecular weight excluding hydrogens is 271 g/mol. The van der Waals surface area contributed by atoms with Crippen molar-refractivity contribution in [3.05, 3.63) is 35.4 Å². The molecule has 1 aromatic rings. The van der Waals surface area contributed by atoms with Gasteiger partial charge in [0.05, 0.1) is 18.6 Å². The van der Waals surface area contributed by atoms with Crippen LogP contribution in [0.3, 0.4) is 0 Å². The minimum Gasteiger partial charge on any atom is -0.469 e. The van der Waals surface area contributed by atoms with Crippen LogP contribution in [-0.4, -0.2) is 31.6 Å². The van der Waals surface area contributed by atoms with Crippen molar-refractivity contribution in [2.24, 2.45) is 5.92 Å². The molecule has 6 heteroatoms. The van der Waals surface area contributed by atoms with Gasteiger partial charge in [0.15, 0.2) is 0 Å². The first-order chi connectivity index (χ1) is 9.24. The van der Waals surface area contributed by atoms with E-state index in [1.165, 1.54) is 19.2 Å². The molecule has 0 amide bonds. The first-order valence-electron chi connectivity index (χ1n) is 6.16. The smallest absolute Gasteiger partial charge is 0.416 e. The van der Waals surface area contributed by atoms with Crippen LogP contribution >= 0.6 is 0 Å². The van der Waals surface area contributed by atoms with Gasteiger partial charge in [0.2, 0.25) is 0 Å². The topological polar surface area (TPSA) is 29.5 Å². The maximum atomic E-state index is 12.4. The molecule has 0 saturated carbocycles. The van der Waals surface area contributed by atoms with Gasteiger partial charge in [-0.15, -0.1) is 0 Å². The Hall–Kier alpha value is -1.56. The Morgan fingerprint density at radius 2 is 1.85 bits per heavy atom. The molecule has 1 rings (SSSR count). The van der Waals surface area contributed by atoms with Gasteiger partial charge >= 0.3 is 12.1 Å². The highest BCUT2D eigenvalue weighted by molar-refractivity contribution is 5.72. The van der Waals surface area contributed by atoms with E-state index in [4.69, 9.17) is 0 Å². The Bertz CT molecular complexity index is 443. The molecule has 0 spiro atoms. The van der Waals surface area contributed by atoms with Crippen LogP contribution in [0.1, 0.15) is 18.1 Å². The zero-order valence-corrected chi connectivity index (χ0v) is 11.7. The first-order valence-corrected chi connectivity index (χ1v) is 6.16. The largest absolute Gasteiger partial charge is 0.469 e. The third-order valence-electron chi connectivity index (χ3n) is 2.92. The van der Waals surface area contributed by atoms with Gasteiger partial charge in [0.1, 0.15) is 0 Å². The van der Waals surface area contributed by atoms with Crippen LogP contribution in [0.25, 0.3) is 0 Å². The Balaban J connectivity index is 2.58. The van der Waals surface area contributed by atoms with Gasteiger partial charge in [0, 0.05) is 13.1 Å². The van der Waals surface area contributed by atoms with E-state index in [0.717, 1.165) is 17.7 Å². The predicted molar refractivity (Wildman–Crippen MR) is 69.0 cm³/mol. The molecule has 0 fully saturated rings. The van der Waals surface area contributed by atoms with Crippen LogP contribution in [0.2, 0.25) is 0 Å². The van der Waals surface area contributed by atoms with Crippen LogP contribution in [-0.2, 0) is 22.3 Å². The minimum absolute atomic E-state index is 0.278. The molecule has 0 aromatic heterocycles. The van der Waals surface area contributed by atoms with Gasteiger partial charge in [-0.2, -0.15) is 13.2 Å². The number of benzene rings is 1. The number of carbonyl (C=O) groups excluding carboxylic acids is 1. The summed E-state index contributed by atoms with van der Waals surface area (Å²) in [5.41, 5.74) is 0.101. The van der Waals surface area contributed by atoms with Crippen LogP contribution in [0.5, 0.6) is 0 Å². The van der Waals surface area contributed by atoms with E-state index in [-0.39, 0.29) is 11.9 Å². The van der Waals surface area contributed by atoms with Gasteiger partial charge in [-0.25, -0.2) is 0 Å². The van der Waals surface area contributed by atoms with Crippen LogP contribution in [0.15, 0.2) is 24.3 Å². The number of nitrogens with zero attached hydrogens (tertiary/aromatic N) is 1. The SMILES string of the molecule is COC(=O)C(C)CN(C)Cc1ccc(C(F)(F)F)cc1. The molecule has 0 aliphatic carbocycles. The molecule has 0 radical (unpaired) electrons. The zero-order chi connectivity index (χ0) is 15.3. The number of carbonyl (C=O) groups is 1. The summed E-state index contributed by atoms with van der Waals surface area (Å²) in [5, 5.41) is 0. The molecule has 0 bridgehead atoms. The molecule has 1 atom stereocenters. The summed E-state index contributed by atoms with van der Waals surface area (Å²) in [4.78, 5) is 13.1. The van der Waals surface area contributed by atoms with Crippen molar-refractivity contribution in [1.29, 1.82) is 0 Å².